The molecule has 0 saturated carbocycles. The zero-order valence-corrected chi connectivity index (χ0v) is 48.8. The maximum atomic E-state index is 12.9. The summed E-state index contributed by atoms with van der Waals surface area (Å²) in [6.45, 7) is 4.26. The number of hydrogen-bond donors (Lipinski definition) is 6. The molecule has 78 heavy (non-hydrogen) atoms. The Labute approximate surface area is 465 Å². The van der Waals surface area contributed by atoms with Gasteiger partial charge in [0.25, 0.3) is 0 Å². The smallest absolute Gasteiger partial charge is 0.462 e. The van der Waals surface area contributed by atoms with Gasteiger partial charge in [-0.15, -0.1) is 0 Å². The molecule has 0 amide bonds. The average Bonchev–Trinajstić information content (AvgIpc) is 3.70. The lowest BCUT2D eigenvalue weighted by molar-refractivity contribution is -0.161. The highest BCUT2D eigenvalue weighted by Gasteiger charge is 2.46. The number of nitrogens with zero attached hydrogens (tertiary/aromatic N) is 2. The van der Waals surface area contributed by atoms with Crippen LogP contribution in [0.1, 0.15) is 207 Å². The van der Waals surface area contributed by atoms with Crippen LogP contribution in [0.4, 0.5) is 5.82 Å². The average molecular weight is 1140 g/mol. The number of nitrogen functional groups attached to an aromatic ring is 1. The second-order valence-corrected chi connectivity index (χ2v) is 23.3. The molecule has 19 nitrogen and oxygen atoms in total. The van der Waals surface area contributed by atoms with Crippen LogP contribution in [0.3, 0.4) is 0 Å². The van der Waals surface area contributed by atoms with Gasteiger partial charge in [0, 0.05) is 19.0 Å². The molecule has 21 heteroatoms. The molecule has 1 aromatic heterocycles. The van der Waals surface area contributed by atoms with Crippen molar-refractivity contribution >= 4 is 33.4 Å². The van der Waals surface area contributed by atoms with Gasteiger partial charge in [0.15, 0.2) is 12.3 Å². The van der Waals surface area contributed by atoms with Crippen LogP contribution in [0.5, 0.6) is 0 Å². The van der Waals surface area contributed by atoms with Crippen molar-refractivity contribution in [3.05, 3.63) is 83.5 Å². The molecule has 446 valence electrons. The van der Waals surface area contributed by atoms with E-state index < -0.39 is 89.8 Å². The van der Waals surface area contributed by atoms with E-state index in [1.165, 1.54) is 102 Å². The van der Waals surface area contributed by atoms with Crippen LogP contribution >= 0.6 is 15.6 Å². The Bertz CT molecular complexity index is 2080. The Balaban J connectivity index is 1.78. The number of ether oxygens (including phenoxy) is 3. The van der Waals surface area contributed by atoms with E-state index in [1.807, 2.05) is 18.2 Å². The van der Waals surface area contributed by atoms with Gasteiger partial charge >= 0.3 is 33.3 Å². The van der Waals surface area contributed by atoms with Crippen molar-refractivity contribution in [3.8, 4) is 0 Å². The second-order valence-electron chi connectivity index (χ2n) is 20.2. The number of phosphoric acid groups is 2. The lowest BCUT2D eigenvalue weighted by Crippen LogP contribution is -2.36. The molecule has 0 radical (unpaired) electrons. The summed E-state index contributed by atoms with van der Waals surface area (Å²) in [5.41, 5.74) is 4.58. The highest BCUT2D eigenvalue weighted by Crippen LogP contribution is 2.60. The van der Waals surface area contributed by atoms with Crippen LogP contribution in [0.15, 0.2) is 77.8 Å². The first-order valence-electron chi connectivity index (χ1n) is 28.8. The minimum Gasteiger partial charge on any atom is -0.462 e. The minimum atomic E-state index is -5.48. The molecular formula is C57H97N3O16P2. The Kier molecular flexibility index (Phi) is 39.1. The topological polar surface area (TPSA) is 286 Å². The SMILES string of the molecule is CC/C=C\C/C=C\C/C=C\C/C=C\C=C\C(O)CCCC(=O)O[C@H](COC(=O)CCCCCCCCCCCCCCCCCCCCC(C)CC)COP(=O)(O)OP(=O)(O)OC[C@H]1O[C@@H](n2ccc(N)nc2=O)[C@H](O)[C@@H]1O. The molecule has 1 aliphatic heterocycles. The van der Waals surface area contributed by atoms with Crippen molar-refractivity contribution in [2.24, 2.45) is 5.92 Å². The summed E-state index contributed by atoms with van der Waals surface area (Å²) in [6, 6.07) is 1.24. The van der Waals surface area contributed by atoms with E-state index in [0.29, 0.717) is 6.42 Å². The zero-order valence-electron chi connectivity index (χ0n) is 47.0. The number of aliphatic hydroxyl groups excluding tert-OH is 3. The number of esters is 2. The van der Waals surface area contributed by atoms with Crippen LogP contribution in [0.25, 0.3) is 0 Å². The van der Waals surface area contributed by atoms with Crippen LogP contribution in [0.2, 0.25) is 0 Å². The fraction of sp³-hybridized carbons (Fsp3) is 0.719. The van der Waals surface area contributed by atoms with Gasteiger partial charge in [0.2, 0.25) is 0 Å². The molecule has 4 unspecified atom stereocenters. The quantitative estimate of drug-likeness (QED) is 0.0116. The normalized spacial score (nSPS) is 19.8. The van der Waals surface area contributed by atoms with Crippen molar-refractivity contribution in [1.82, 2.24) is 9.55 Å². The van der Waals surface area contributed by atoms with Gasteiger partial charge in [-0.05, 0) is 56.9 Å². The van der Waals surface area contributed by atoms with E-state index in [2.05, 4.69) is 60.4 Å². The van der Waals surface area contributed by atoms with E-state index >= 15 is 0 Å². The van der Waals surface area contributed by atoms with Gasteiger partial charge in [-0.1, -0.05) is 204 Å². The Hall–Kier alpha value is -3.58. The zero-order chi connectivity index (χ0) is 57.3. The monoisotopic (exact) mass is 1140 g/mol. The molecule has 1 saturated heterocycles. The highest BCUT2D eigenvalue weighted by atomic mass is 31.3. The molecular weight excluding hydrogens is 1040 g/mol. The predicted molar refractivity (Wildman–Crippen MR) is 304 cm³/mol. The van der Waals surface area contributed by atoms with Gasteiger partial charge in [-0.2, -0.15) is 9.29 Å². The molecule has 1 fully saturated rings. The maximum absolute atomic E-state index is 12.9. The molecule has 0 bridgehead atoms. The van der Waals surface area contributed by atoms with Gasteiger partial charge in [0.05, 0.1) is 19.3 Å². The number of carbonyl (C=O) groups excluding carboxylic acids is 2. The van der Waals surface area contributed by atoms with Crippen molar-refractivity contribution in [2.45, 2.75) is 237 Å². The number of aliphatic hydroxyl groups is 3. The predicted octanol–water partition coefficient (Wildman–Crippen LogP) is 11.9. The number of allylic oxidation sites excluding steroid dienone is 9. The summed E-state index contributed by atoms with van der Waals surface area (Å²) in [5, 5.41) is 31.4. The van der Waals surface area contributed by atoms with Gasteiger partial charge in [-0.25, -0.2) is 13.9 Å². The number of hydrogen-bond acceptors (Lipinski definition) is 16. The number of unbranched alkanes of at least 4 members (excludes halogenated alkanes) is 17. The third-order valence-electron chi connectivity index (χ3n) is 13.3. The first kappa shape index (κ1) is 70.5. The largest absolute Gasteiger partial charge is 0.481 e. The molecule has 7 N–H and O–H groups in total. The maximum Gasteiger partial charge on any atom is 0.481 e. The highest BCUT2D eigenvalue weighted by molar-refractivity contribution is 7.61. The van der Waals surface area contributed by atoms with Gasteiger partial charge in [0.1, 0.15) is 30.7 Å². The third-order valence-corrected chi connectivity index (χ3v) is 15.9. The number of carbonyl (C=O) groups is 2. The van der Waals surface area contributed by atoms with Crippen LogP contribution in [0, 0.1) is 5.92 Å². The van der Waals surface area contributed by atoms with Crippen LogP contribution in [-0.2, 0) is 46.3 Å². The van der Waals surface area contributed by atoms with Crippen molar-refractivity contribution in [3.63, 3.8) is 0 Å². The van der Waals surface area contributed by atoms with Crippen molar-refractivity contribution < 1.29 is 71.4 Å². The summed E-state index contributed by atoms with van der Waals surface area (Å²) < 4.78 is 56.8. The molecule has 0 aromatic carbocycles. The summed E-state index contributed by atoms with van der Waals surface area (Å²) in [6.07, 6.45) is 40.3. The van der Waals surface area contributed by atoms with Gasteiger partial charge < -0.3 is 45.1 Å². The van der Waals surface area contributed by atoms with E-state index in [9.17, 15) is 48.6 Å². The molecule has 2 heterocycles. The minimum absolute atomic E-state index is 0.0870. The van der Waals surface area contributed by atoms with Crippen molar-refractivity contribution in [2.75, 3.05) is 25.6 Å². The van der Waals surface area contributed by atoms with Gasteiger partial charge in [-0.3, -0.25) is 23.2 Å². The molecule has 9 atom stereocenters. The number of rotatable bonds is 47. The lowest BCUT2D eigenvalue weighted by atomic mass is 9.99. The van der Waals surface area contributed by atoms with E-state index in [-0.39, 0.29) is 31.5 Å². The van der Waals surface area contributed by atoms with Crippen molar-refractivity contribution in [1.29, 1.82) is 0 Å². The summed E-state index contributed by atoms with van der Waals surface area (Å²) in [7, 11) is -10.9. The number of phosphoric ester groups is 2. The van der Waals surface area contributed by atoms with E-state index in [4.69, 9.17) is 29.0 Å². The van der Waals surface area contributed by atoms with Crippen LogP contribution in [-0.4, -0.2) is 96.9 Å². The Morgan fingerprint density at radius 2 is 1.23 bits per heavy atom. The molecule has 1 aromatic rings. The van der Waals surface area contributed by atoms with Crippen LogP contribution < -0.4 is 11.4 Å². The standard InChI is InChI=1S/C57H97N3O16P2/c1-4-6-7-8-9-10-11-18-22-25-28-31-34-38-48(61)39-36-41-53(63)74-49(44-71-52(62)40-35-32-29-26-23-20-17-15-13-12-14-16-19-21-24-27-30-33-37-47(3)5-2)45-72-77(67,68)76-78(69,70)73-46-50-54(64)55(65)56(75-50)60-43-42-51(58)59-57(60)66/h6-7,9-10,18,22,28,31,34,38,42-43,47-50,54-56,61,64-65H,4-5,8,11-17,19-21,23-27,29-30,32-33,35-37,39-41,44-46H2,1-3H3,(H,67,68)(H,69,70)(H2,58,59,66)/b7-6-,10-9-,22-18-,31-28-,38-34+/t47?,48?,49-,50-,54-,55-,56-/m1/s1. The molecule has 1 aliphatic rings. The first-order chi connectivity index (χ1) is 37.5. The van der Waals surface area contributed by atoms with E-state index in [0.717, 1.165) is 68.0 Å². The molecule has 0 spiro atoms. The number of anilines is 1. The Morgan fingerprint density at radius 3 is 1.79 bits per heavy atom. The Morgan fingerprint density at radius 1 is 0.705 bits per heavy atom. The number of nitrogens with two attached hydrogens (primary N) is 1. The van der Waals surface area contributed by atoms with E-state index in [1.54, 1.807) is 12.2 Å². The number of aromatic nitrogens is 2. The second kappa shape index (κ2) is 43.2. The fourth-order valence-corrected chi connectivity index (χ4v) is 10.5. The summed E-state index contributed by atoms with van der Waals surface area (Å²) in [5.74, 6) is -0.639. The summed E-state index contributed by atoms with van der Waals surface area (Å²) in [4.78, 5) is 62.1. The fourth-order valence-electron chi connectivity index (χ4n) is 8.44. The lowest BCUT2D eigenvalue weighted by Gasteiger charge is -2.21. The molecule has 2 rings (SSSR count). The summed E-state index contributed by atoms with van der Waals surface area (Å²) >= 11 is 0. The molecule has 0 aliphatic carbocycles. The first-order valence-corrected chi connectivity index (χ1v) is 31.8. The third kappa shape index (κ3) is 35.2.